The van der Waals surface area contributed by atoms with Crippen molar-refractivity contribution >= 4 is 11.8 Å². The van der Waals surface area contributed by atoms with Gasteiger partial charge in [-0.3, -0.25) is 9.59 Å². The summed E-state index contributed by atoms with van der Waals surface area (Å²) in [6, 6.07) is 0.189. The molecule has 1 aliphatic rings. The van der Waals surface area contributed by atoms with Crippen molar-refractivity contribution in [3.63, 3.8) is 0 Å². The molecule has 1 heterocycles. The number of hydrogen-bond donors (Lipinski definition) is 1. The van der Waals surface area contributed by atoms with Crippen molar-refractivity contribution in [3.8, 4) is 0 Å². The van der Waals surface area contributed by atoms with Gasteiger partial charge >= 0.3 is 11.8 Å². The molecule has 1 saturated heterocycles. The summed E-state index contributed by atoms with van der Waals surface area (Å²) < 4.78 is 0. The number of carbonyl (C=O) groups is 2. The van der Waals surface area contributed by atoms with Crippen molar-refractivity contribution in [3.05, 3.63) is 0 Å². The molecule has 0 unspecified atom stereocenters. The maximum Gasteiger partial charge on any atom is 0.311 e. The summed E-state index contributed by atoms with van der Waals surface area (Å²) in [6.45, 7) is 5.66. The Morgan fingerprint density at radius 1 is 1.29 bits per heavy atom. The molecule has 0 atom stereocenters. The van der Waals surface area contributed by atoms with E-state index in [2.05, 4.69) is 17.3 Å². The van der Waals surface area contributed by atoms with Crippen LogP contribution in [0.2, 0.25) is 0 Å². The molecule has 0 aliphatic carbocycles. The summed E-state index contributed by atoms with van der Waals surface area (Å²) in [5.74, 6) is -0.922. The van der Waals surface area contributed by atoms with Crippen LogP contribution in [0.1, 0.15) is 26.7 Å². The lowest BCUT2D eigenvalue weighted by molar-refractivity contribution is -0.147. The fourth-order valence-corrected chi connectivity index (χ4v) is 2.03. The van der Waals surface area contributed by atoms with Crippen LogP contribution in [0, 0.1) is 0 Å². The van der Waals surface area contributed by atoms with Crippen LogP contribution in [0.25, 0.3) is 0 Å². The summed E-state index contributed by atoms with van der Waals surface area (Å²) in [7, 11) is 3.79. The second-order valence-electron chi connectivity index (χ2n) is 5.08. The van der Waals surface area contributed by atoms with Crippen LogP contribution in [0.15, 0.2) is 0 Å². The summed E-state index contributed by atoms with van der Waals surface area (Å²) in [5, 5.41) is 2.63. The maximum atomic E-state index is 11.9. The molecule has 5 heteroatoms. The predicted octanol–water partition coefficient (Wildman–Crippen LogP) is 0.0636. The van der Waals surface area contributed by atoms with Gasteiger partial charge in [0.25, 0.3) is 0 Å². The third-order valence-corrected chi connectivity index (χ3v) is 3.17. The first-order chi connectivity index (χ1) is 7.91. The molecule has 2 amide bonds. The third-order valence-electron chi connectivity index (χ3n) is 3.17. The fraction of sp³-hybridized carbons (Fsp3) is 0.833. The average Bonchev–Trinajstić information content (AvgIpc) is 2.27. The number of nitrogens with zero attached hydrogens (tertiary/aromatic N) is 2. The average molecular weight is 241 g/mol. The SMILES string of the molecule is CC(C)NC(=O)C(=O)N(C)C1CCN(C)CC1. The van der Waals surface area contributed by atoms with Gasteiger partial charge in [0.15, 0.2) is 0 Å². The molecule has 1 fully saturated rings. The monoisotopic (exact) mass is 241 g/mol. The lowest BCUT2D eigenvalue weighted by Crippen LogP contribution is -2.50. The highest BCUT2D eigenvalue weighted by atomic mass is 16.2. The summed E-state index contributed by atoms with van der Waals surface area (Å²) in [5.41, 5.74) is 0. The normalized spacial score (nSPS) is 18.2. The van der Waals surface area contributed by atoms with Crippen LogP contribution in [0.3, 0.4) is 0 Å². The Bertz CT molecular complexity index is 283. The predicted molar refractivity (Wildman–Crippen MR) is 66.6 cm³/mol. The lowest BCUT2D eigenvalue weighted by Gasteiger charge is -2.34. The smallest absolute Gasteiger partial charge is 0.311 e. The molecule has 0 saturated carbocycles. The van der Waals surface area contributed by atoms with Gasteiger partial charge in [0.2, 0.25) is 0 Å². The van der Waals surface area contributed by atoms with E-state index in [1.807, 2.05) is 13.8 Å². The first-order valence-electron chi connectivity index (χ1n) is 6.18. The van der Waals surface area contributed by atoms with Crippen LogP contribution in [-0.2, 0) is 9.59 Å². The highest BCUT2D eigenvalue weighted by molar-refractivity contribution is 6.35. The first kappa shape index (κ1) is 14.0. The number of carbonyl (C=O) groups excluding carboxylic acids is 2. The van der Waals surface area contributed by atoms with E-state index < -0.39 is 11.8 Å². The van der Waals surface area contributed by atoms with E-state index in [1.54, 1.807) is 11.9 Å². The molecule has 1 aliphatic heterocycles. The van der Waals surface area contributed by atoms with Crippen molar-refractivity contribution in [1.29, 1.82) is 0 Å². The zero-order valence-electron chi connectivity index (χ0n) is 11.2. The Hall–Kier alpha value is -1.10. The van der Waals surface area contributed by atoms with E-state index in [9.17, 15) is 9.59 Å². The van der Waals surface area contributed by atoms with Gasteiger partial charge in [-0.2, -0.15) is 0 Å². The number of likely N-dealkylation sites (N-methyl/N-ethyl adjacent to an activating group) is 1. The molecule has 0 aromatic rings. The van der Waals surface area contributed by atoms with E-state index >= 15 is 0 Å². The summed E-state index contributed by atoms with van der Waals surface area (Å²) >= 11 is 0. The van der Waals surface area contributed by atoms with E-state index in [0.717, 1.165) is 25.9 Å². The minimum atomic E-state index is -0.499. The summed E-state index contributed by atoms with van der Waals surface area (Å²) in [6.07, 6.45) is 1.88. The Kier molecular flexibility index (Phi) is 4.93. The fourth-order valence-electron chi connectivity index (χ4n) is 2.03. The number of amides is 2. The van der Waals surface area contributed by atoms with Crippen molar-refractivity contribution in [2.75, 3.05) is 27.2 Å². The molecular weight excluding hydrogens is 218 g/mol. The van der Waals surface area contributed by atoms with Gasteiger partial charge in [0.1, 0.15) is 0 Å². The molecule has 0 bridgehead atoms. The number of rotatable bonds is 2. The highest BCUT2D eigenvalue weighted by Gasteiger charge is 2.27. The van der Waals surface area contributed by atoms with E-state index in [4.69, 9.17) is 0 Å². The maximum absolute atomic E-state index is 11.9. The van der Waals surface area contributed by atoms with Crippen molar-refractivity contribution in [2.45, 2.75) is 38.8 Å². The topological polar surface area (TPSA) is 52.7 Å². The molecule has 17 heavy (non-hydrogen) atoms. The Morgan fingerprint density at radius 3 is 2.29 bits per heavy atom. The van der Waals surface area contributed by atoms with Crippen molar-refractivity contribution in [2.24, 2.45) is 0 Å². The van der Waals surface area contributed by atoms with Gasteiger partial charge in [-0.15, -0.1) is 0 Å². The third kappa shape index (κ3) is 4.00. The minimum Gasteiger partial charge on any atom is -0.346 e. The molecule has 1 N–H and O–H groups in total. The number of hydrogen-bond acceptors (Lipinski definition) is 3. The molecule has 0 radical (unpaired) electrons. The zero-order valence-corrected chi connectivity index (χ0v) is 11.2. The largest absolute Gasteiger partial charge is 0.346 e. The highest BCUT2D eigenvalue weighted by Crippen LogP contribution is 2.14. The van der Waals surface area contributed by atoms with Crippen molar-refractivity contribution < 1.29 is 9.59 Å². The van der Waals surface area contributed by atoms with Gasteiger partial charge in [-0.25, -0.2) is 0 Å². The molecule has 98 valence electrons. The first-order valence-corrected chi connectivity index (χ1v) is 6.18. The Labute approximate surface area is 103 Å². The zero-order chi connectivity index (χ0) is 13.0. The molecule has 0 aromatic carbocycles. The Balaban J connectivity index is 2.48. The van der Waals surface area contributed by atoms with Gasteiger partial charge in [-0.05, 0) is 46.8 Å². The number of nitrogens with one attached hydrogen (secondary N) is 1. The Morgan fingerprint density at radius 2 is 1.82 bits per heavy atom. The van der Waals surface area contributed by atoms with Gasteiger partial charge in [0.05, 0.1) is 0 Å². The van der Waals surface area contributed by atoms with Crippen LogP contribution in [0.5, 0.6) is 0 Å². The van der Waals surface area contributed by atoms with E-state index in [0.29, 0.717) is 0 Å². The lowest BCUT2D eigenvalue weighted by atomic mass is 10.0. The van der Waals surface area contributed by atoms with E-state index in [-0.39, 0.29) is 12.1 Å². The quantitative estimate of drug-likeness (QED) is 0.696. The van der Waals surface area contributed by atoms with Gasteiger partial charge in [-0.1, -0.05) is 0 Å². The molecule has 0 aromatic heterocycles. The van der Waals surface area contributed by atoms with Crippen LogP contribution in [-0.4, -0.2) is 60.9 Å². The second kappa shape index (κ2) is 6.00. The second-order valence-corrected chi connectivity index (χ2v) is 5.08. The van der Waals surface area contributed by atoms with Crippen LogP contribution in [0.4, 0.5) is 0 Å². The van der Waals surface area contributed by atoms with Crippen LogP contribution < -0.4 is 5.32 Å². The number of piperidine rings is 1. The van der Waals surface area contributed by atoms with Gasteiger partial charge in [0, 0.05) is 19.1 Å². The summed E-state index contributed by atoms with van der Waals surface area (Å²) in [4.78, 5) is 27.3. The van der Waals surface area contributed by atoms with Crippen molar-refractivity contribution in [1.82, 2.24) is 15.1 Å². The minimum absolute atomic E-state index is 0.00246. The molecule has 0 spiro atoms. The number of likely N-dealkylation sites (tertiary alicyclic amines) is 1. The molecule has 5 nitrogen and oxygen atoms in total. The molecular formula is C12H23N3O2. The van der Waals surface area contributed by atoms with E-state index in [1.165, 1.54) is 0 Å². The van der Waals surface area contributed by atoms with Crippen LogP contribution >= 0.6 is 0 Å². The standard InChI is InChI=1S/C12H23N3O2/c1-9(2)13-11(16)12(17)15(4)10-5-7-14(3)8-6-10/h9-10H,5-8H2,1-4H3,(H,13,16). The molecule has 1 rings (SSSR count). The van der Waals surface area contributed by atoms with Gasteiger partial charge < -0.3 is 15.1 Å².